The molecule has 0 atom stereocenters. The van der Waals surface area contributed by atoms with Crippen LogP contribution in [0.5, 0.6) is 0 Å². The number of hydrogen-bond acceptors (Lipinski definition) is 3. The molecule has 1 aliphatic heterocycles. The first kappa shape index (κ1) is 11.9. The molecule has 0 spiro atoms. The van der Waals surface area contributed by atoms with Gasteiger partial charge in [-0.2, -0.15) is 0 Å². The maximum atomic E-state index is 5.05. The van der Waals surface area contributed by atoms with Crippen LogP contribution in [-0.4, -0.2) is 38.6 Å². The van der Waals surface area contributed by atoms with Crippen LogP contribution in [0.4, 0.5) is 0 Å². The largest absolute Gasteiger partial charge is 0.479 e. The highest BCUT2D eigenvalue weighted by atomic mass is 28.3. The smallest absolute Gasteiger partial charge is 0.183 e. The van der Waals surface area contributed by atoms with Crippen LogP contribution in [-0.2, 0) is 8.85 Å². The van der Waals surface area contributed by atoms with E-state index in [-0.39, 0.29) is 0 Å². The third-order valence-corrected chi connectivity index (χ3v) is 5.19. The molecule has 1 aliphatic rings. The van der Waals surface area contributed by atoms with Crippen molar-refractivity contribution in [3.8, 4) is 0 Å². The summed E-state index contributed by atoms with van der Waals surface area (Å²) in [6.07, 6.45) is 0.944. The third-order valence-electron chi connectivity index (χ3n) is 1.42. The highest BCUT2D eigenvalue weighted by Crippen LogP contribution is 1.95. The molecule has 0 amide bonds. The average Bonchev–Trinajstić information content (AvgIpc) is 2.57. The normalized spacial score (nSPS) is 15.2. The Hall–Kier alpha value is -0.136. The van der Waals surface area contributed by atoms with E-state index in [1.54, 1.807) is 0 Å². The molecule has 0 unspecified atom stereocenters. The van der Waals surface area contributed by atoms with Crippen LogP contribution >= 0.6 is 0 Å². The summed E-state index contributed by atoms with van der Waals surface area (Å²) in [4.78, 5) is 4.05. The molecule has 0 N–H and O–H groups in total. The molecule has 72 valence electrons. The molecular weight excluding hydrogens is 186 g/mol. The van der Waals surface area contributed by atoms with Gasteiger partial charge in [-0.1, -0.05) is 6.92 Å². The quantitative estimate of drug-likeness (QED) is 0.598. The number of hydrogen-bond donors (Lipinski definition) is 0. The second-order valence-corrected chi connectivity index (χ2v) is 6.75. The van der Waals surface area contributed by atoms with Crippen molar-refractivity contribution in [3.63, 3.8) is 0 Å². The fourth-order valence-electron chi connectivity index (χ4n) is 0.593. The van der Waals surface area contributed by atoms with E-state index in [9.17, 15) is 0 Å². The summed E-state index contributed by atoms with van der Waals surface area (Å²) >= 11 is 0. The second-order valence-electron chi connectivity index (χ2n) is 2.76. The van der Waals surface area contributed by atoms with E-state index in [1.807, 2.05) is 6.92 Å². The highest BCUT2D eigenvalue weighted by molar-refractivity contribution is 6.52. The zero-order chi connectivity index (χ0) is 9.40. The van der Waals surface area contributed by atoms with Crippen molar-refractivity contribution in [2.75, 3.05) is 13.2 Å². The lowest BCUT2D eigenvalue weighted by atomic mass is 10.5. The van der Waals surface area contributed by atoms with Crippen LogP contribution in [0.15, 0.2) is 4.99 Å². The predicted octanol–water partition coefficient (Wildman–Crippen LogP) is 0.0919. The standard InChI is InChI=1S/C5H9NO.C2H10OSi2/c1-2-5-6-3-4-7-5;1-5(2)3-4/h2-4H2,1H3;5H,1-2,4H3. The van der Waals surface area contributed by atoms with Gasteiger partial charge in [-0.15, -0.1) is 0 Å². The Balaban J connectivity index is 0.000000217. The number of aliphatic imine (C=N–C) groups is 1. The Labute approximate surface area is 79.4 Å². The Morgan fingerprint density at radius 1 is 1.67 bits per heavy atom. The molecule has 1 heterocycles. The number of nitrogens with zero attached hydrogens (tertiary/aromatic N) is 1. The zero-order valence-electron chi connectivity index (χ0n) is 8.46. The van der Waals surface area contributed by atoms with Gasteiger partial charge in [0, 0.05) is 6.42 Å². The van der Waals surface area contributed by atoms with Crippen molar-refractivity contribution in [1.82, 2.24) is 0 Å². The van der Waals surface area contributed by atoms with Crippen molar-refractivity contribution >= 4 is 25.4 Å². The van der Waals surface area contributed by atoms with Gasteiger partial charge in [0.1, 0.15) is 17.1 Å². The first-order chi connectivity index (χ1) is 5.70. The zero-order valence-corrected chi connectivity index (χ0v) is 11.6. The second kappa shape index (κ2) is 7.51. The molecule has 0 aromatic heterocycles. The predicted molar refractivity (Wildman–Crippen MR) is 58.4 cm³/mol. The Morgan fingerprint density at radius 2 is 2.25 bits per heavy atom. The fourth-order valence-corrected chi connectivity index (χ4v) is 0.593. The first-order valence-corrected chi connectivity index (χ1v) is 7.99. The van der Waals surface area contributed by atoms with Crippen molar-refractivity contribution in [2.24, 2.45) is 4.99 Å². The van der Waals surface area contributed by atoms with Gasteiger partial charge in [0.2, 0.25) is 0 Å². The van der Waals surface area contributed by atoms with Crippen LogP contribution in [0.1, 0.15) is 13.3 Å². The molecule has 0 bridgehead atoms. The van der Waals surface area contributed by atoms with Crippen LogP contribution in [0, 0.1) is 0 Å². The van der Waals surface area contributed by atoms with E-state index >= 15 is 0 Å². The Morgan fingerprint density at radius 3 is 2.42 bits per heavy atom. The summed E-state index contributed by atoms with van der Waals surface area (Å²) in [5, 5.41) is 0. The lowest BCUT2D eigenvalue weighted by molar-refractivity contribution is 0.340. The van der Waals surface area contributed by atoms with E-state index in [0.29, 0.717) is 0 Å². The summed E-state index contributed by atoms with van der Waals surface area (Å²) in [5.41, 5.74) is 0. The molecule has 3 nitrogen and oxygen atoms in total. The van der Waals surface area contributed by atoms with Gasteiger partial charge < -0.3 is 8.85 Å². The molecule has 0 fully saturated rings. The Kier molecular flexibility index (Phi) is 7.42. The van der Waals surface area contributed by atoms with E-state index < -0.39 is 9.04 Å². The van der Waals surface area contributed by atoms with Crippen molar-refractivity contribution in [1.29, 1.82) is 0 Å². The molecule has 5 heteroatoms. The first-order valence-electron chi connectivity index (χ1n) is 4.39. The van der Waals surface area contributed by atoms with E-state index in [2.05, 4.69) is 18.1 Å². The molecule has 0 aromatic rings. The van der Waals surface area contributed by atoms with E-state index in [1.165, 1.54) is 0 Å². The number of ether oxygens (including phenoxy) is 1. The molecular formula is C7H19NO2Si2. The molecule has 1 rings (SSSR count). The monoisotopic (exact) mass is 205 g/mol. The van der Waals surface area contributed by atoms with Gasteiger partial charge in [-0.05, 0) is 13.1 Å². The van der Waals surface area contributed by atoms with Gasteiger partial charge >= 0.3 is 0 Å². The van der Waals surface area contributed by atoms with Crippen molar-refractivity contribution in [2.45, 2.75) is 26.4 Å². The van der Waals surface area contributed by atoms with E-state index in [0.717, 1.165) is 36.0 Å². The van der Waals surface area contributed by atoms with Crippen molar-refractivity contribution in [3.05, 3.63) is 0 Å². The molecule has 0 aliphatic carbocycles. The summed E-state index contributed by atoms with van der Waals surface area (Å²) in [6.45, 7) is 8.05. The lowest BCUT2D eigenvalue weighted by Crippen LogP contribution is -2.02. The highest BCUT2D eigenvalue weighted by Gasteiger charge is 2.01. The van der Waals surface area contributed by atoms with Crippen LogP contribution in [0.3, 0.4) is 0 Å². The summed E-state index contributed by atoms with van der Waals surface area (Å²) in [6, 6.07) is 0. The summed E-state index contributed by atoms with van der Waals surface area (Å²) < 4.78 is 10.1. The van der Waals surface area contributed by atoms with Gasteiger partial charge in [-0.3, -0.25) is 4.99 Å². The van der Waals surface area contributed by atoms with Crippen molar-refractivity contribution < 1.29 is 8.85 Å². The average molecular weight is 205 g/mol. The van der Waals surface area contributed by atoms with Gasteiger partial charge in [0.25, 0.3) is 0 Å². The molecule has 12 heavy (non-hydrogen) atoms. The molecule has 0 aromatic carbocycles. The molecule has 0 saturated carbocycles. The fraction of sp³-hybridized carbons (Fsp3) is 0.857. The third kappa shape index (κ3) is 6.57. The van der Waals surface area contributed by atoms with Crippen LogP contribution in [0.25, 0.3) is 0 Å². The maximum Gasteiger partial charge on any atom is 0.183 e. The van der Waals surface area contributed by atoms with Crippen LogP contribution in [0.2, 0.25) is 13.1 Å². The number of rotatable bonds is 2. The van der Waals surface area contributed by atoms with Crippen LogP contribution < -0.4 is 0 Å². The maximum absolute atomic E-state index is 5.05. The minimum absolute atomic E-state index is 0.588. The SMILES string of the molecule is CCC1=NCCO1.C[SiH](C)O[SiH3]. The lowest BCUT2D eigenvalue weighted by Gasteiger charge is -1.93. The summed E-state index contributed by atoms with van der Waals surface area (Å²) in [5.74, 6) is 0.917. The van der Waals surface area contributed by atoms with Gasteiger partial charge in [0.05, 0.1) is 6.54 Å². The molecule has 0 saturated heterocycles. The minimum Gasteiger partial charge on any atom is -0.479 e. The topological polar surface area (TPSA) is 30.8 Å². The minimum atomic E-state index is -0.588. The van der Waals surface area contributed by atoms with Gasteiger partial charge in [-0.25, -0.2) is 0 Å². The molecule has 0 radical (unpaired) electrons. The Bertz CT molecular complexity index is 139. The summed E-state index contributed by atoms with van der Waals surface area (Å²) in [7, 11) is 0.347. The van der Waals surface area contributed by atoms with E-state index in [4.69, 9.17) is 8.85 Å². The van der Waals surface area contributed by atoms with Gasteiger partial charge in [0.15, 0.2) is 14.9 Å².